The van der Waals surface area contributed by atoms with E-state index in [0.717, 1.165) is 0 Å². The van der Waals surface area contributed by atoms with Crippen LogP contribution in [0.5, 0.6) is 0 Å². The van der Waals surface area contributed by atoms with Gasteiger partial charge >= 0.3 is 0 Å². The van der Waals surface area contributed by atoms with Gasteiger partial charge in [0.15, 0.2) is 0 Å². The lowest BCUT2D eigenvalue weighted by atomic mass is 9.39. The predicted octanol–water partition coefficient (Wildman–Crippen LogP) is 15.7. The highest BCUT2D eigenvalue weighted by Crippen LogP contribution is 3.01. The summed E-state index contributed by atoms with van der Waals surface area (Å²) in [7, 11) is 0. The van der Waals surface area contributed by atoms with E-state index in [4.69, 9.17) is 0 Å². The molecule has 22 unspecified atom stereocenters. The first-order valence-corrected chi connectivity index (χ1v) is 30.1. The van der Waals surface area contributed by atoms with Crippen molar-refractivity contribution in [3.63, 3.8) is 0 Å². The van der Waals surface area contributed by atoms with E-state index >= 15 is 0 Å². The third-order valence-corrected chi connectivity index (χ3v) is 32.7. The van der Waals surface area contributed by atoms with Gasteiger partial charge in [0.1, 0.15) is 0 Å². The molecule has 0 amide bonds. The van der Waals surface area contributed by atoms with Gasteiger partial charge in [-0.05, 0) is 350 Å². The van der Waals surface area contributed by atoms with Gasteiger partial charge in [0.2, 0.25) is 0 Å². The summed E-state index contributed by atoms with van der Waals surface area (Å²) in [5.41, 5.74) is 48.3. The predicted molar refractivity (Wildman–Crippen MR) is 275 cm³/mol. The highest BCUT2D eigenvalue weighted by molar-refractivity contribution is 8.00. The van der Waals surface area contributed by atoms with Crippen LogP contribution in [0.3, 0.4) is 0 Å². The molecular formula is C70H32S. The minimum absolute atomic E-state index is 0.0353. The number of fused-ring (bicyclic) bond motifs is 1. The quantitative estimate of drug-likeness (QED) is 0.156. The Balaban J connectivity index is 1.01. The molecule has 0 aromatic heterocycles. The molecule has 71 heavy (non-hydrogen) atoms. The minimum Gasteiger partial charge on any atom is -0.112 e. The normalized spacial score (nSPS) is 47.5. The SMILES string of the molecule is CC(C)Cc1cccc2c1SC13c4c5c6c7c8c9c%10c%11c%12c%13c%14c%15c(c%16c%13c%10c7c4-%16)C21C1C%15C2c4c7c%10c%13c%15c%16c%17c%18c%19c%20c%21c%22c%23c(c4c4c%22c%19c%16c%104)C2C%14C%12C%23C%21C%11C9C%20C%18C8C6C%17C%15C5C3C%13C71. The summed E-state index contributed by atoms with van der Waals surface area (Å²) < 4.78 is 0.0654. The van der Waals surface area contributed by atoms with Crippen molar-refractivity contribution in [3.05, 3.63) is 141 Å². The van der Waals surface area contributed by atoms with Crippen LogP contribution in [0, 0.1) is 17.8 Å². The van der Waals surface area contributed by atoms with E-state index in [2.05, 4.69) is 54.9 Å². The zero-order chi connectivity index (χ0) is 42.3. The van der Waals surface area contributed by atoms with Gasteiger partial charge in [0, 0.05) is 10.3 Å². The molecule has 1 heterocycles. The Morgan fingerprint density at radius 1 is 0.352 bits per heavy atom. The maximum absolute atomic E-state index is 2.86. The van der Waals surface area contributed by atoms with Gasteiger partial charge < -0.3 is 0 Å². The Kier molecular flexibility index (Phi) is 2.71. The highest BCUT2D eigenvalue weighted by Gasteiger charge is 2.89. The molecule has 1 aliphatic heterocycles. The first kappa shape index (κ1) is 28.8. The van der Waals surface area contributed by atoms with Gasteiger partial charge in [-0.3, -0.25) is 0 Å². The molecule has 11 aromatic rings. The van der Waals surface area contributed by atoms with Crippen molar-refractivity contribution in [2.75, 3.05) is 0 Å². The average Bonchev–Trinajstić information content (AvgIpc) is 4.38. The summed E-state index contributed by atoms with van der Waals surface area (Å²) in [6, 6.07) is 8.16. The molecular weight excluding hydrogens is 873 g/mol. The van der Waals surface area contributed by atoms with Crippen LogP contribution in [0.2, 0.25) is 0 Å². The van der Waals surface area contributed by atoms with Crippen LogP contribution in [0.4, 0.5) is 0 Å². The third kappa shape index (κ3) is 1.61. The van der Waals surface area contributed by atoms with E-state index in [-0.39, 0.29) is 10.2 Å². The summed E-state index contributed by atoms with van der Waals surface area (Å²) >= 11 is 2.63. The first-order chi connectivity index (χ1) is 35.2. The van der Waals surface area contributed by atoms with Crippen molar-refractivity contribution in [2.24, 2.45) is 17.8 Å². The number of hydrogen-bond acceptors (Lipinski definition) is 1. The fraction of sp³-hybridized carbons (Fsp3) is 0.371. The molecule has 0 bridgehead atoms. The van der Waals surface area contributed by atoms with Crippen molar-refractivity contribution < 1.29 is 0 Å². The topological polar surface area (TPSA) is 0 Å². The molecule has 23 aliphatic rings. The van der Waals surface area contributed by atoms with Gasteiger partial charge in [0.05, 0.1) is 4.75 Å². The summed E-state index contributed by atoms with van der Waals surface area (Å²) in [5.74, 6) is 14.1. The van der Waals surface area contributed by atoms with Crippen LogP contribution in [0.15, 0.2) is 23.1 Å². The second-order valence-electron chi connectivity index (χ2n) is 30.5. The molecule has 1 heteroatoms. The van der Waals surface area contributed by atoms with E-state index in [1.54, 1.807) is 5.56 Å². The van der Waals surface area contributed by atoms with Crippen molar-refractivity contribution in [3.8, 4) is 11.1 Å². The molecule has 0 saturated heterocycles. The third-order valence-electron chi connectivity index (χ3n) is 30.9. The van der Waals surface area contributed by atoms with E-state index in [9.17, 15) is 0 Å². The van der Waals surface area contributed by atoms with Crippen molar-refractivity contribution >= 4 is 97.9 Å². The van der Waals surface area contributed by atoms with Gasteiger partial charge in [-0.1, -0.05) is 32.0 Å². The molecule has 22 aliphatic carbocycles. The molecule has 1 fully saturated rings. The zero-order valence-corrected chi connectivity index (χ0v) is 39.3. The second kappa shape index (κ2) is 6.70. The maximum atomic E-state index is 2.86. The standard InChI is InChI=1S/C70H32S/c1-7(2)6-8-4-3-5-9-68(8)71-70-66-60-54-44-32-24-16-12-10-11-14-18(16)26(32)36-30-22(14)23-15(11)19-17-13(10)21-20(12)28-34(24)42-48-38(28)39-29(21)35-25(17)33-27(19)37-31(23)41-40(30)52(46(36)54)62(66)63-53(41)47(37)55-45(33)51-43(35)49(39)57-56(48)64(58(60)50(42)44)69(9,70)65(57)59(51)61(55)67(63)70/h3-5,7,12,14,16,18,20,22,28,30,38-41,49,53,57,59,61,63,65,67H,6H2,1-2H3. The van der Waals surface area contributed by atoms with Crippen LogP contribution in [0.1, 0.15) is 243 Å². The van der Waals surface area contributed by atoms with Crippen molar-refractivity contribution in [1.82, 2.24) is 0 Å². The summed E-state index contributed by atoms with van der Waals surface area (Å²) in [6.07, 6.45) is 1.22. The van der Waals surface area contributed by atoms with Crippen LogP contribution >= 0.6 is 11.8 Å². The molecule has 318 valence electrons. The molecule has 34 rings (SSSR count). The number of thioether (sulfide) groups is 1. The Morgan fingerprint density at radius 3 is 1.13 bits per heavy atom. The minimum atomic E-state index is 0.0353. The average molecular weight is 905 g/mol. The second-order valence-corrected chi connectivity index (χ2v) is 31.8. The fourth-order valence-corrected chi connectivity index (χ4v) is 34.7. The Morgan fingerprint density at radius 2 is 0.676 bits per heavy atom. The monoisotopic (exact) mass is 904 g/mol. The van der Waals surface area contributed by atoms with Gasteiger partial charge in [-0.15, -0.1) is 11.8 Å². The zero-order valence-electron chi connectivity index (χ0n) is 38.5. The number of rotatable bonds is 2. The maximum Gasteiger partial charge on any atom is 0.0645 e. The Labute approximate surface area is 406 Å². The molecule has 11 aromatic carbocycles. The summed E-state index contributed by atoms with van der Waals surface area (Å²) in [5, 5.41) is 30.8. The van der Waals surface area contributed by atoms with Gasteiger partial charge in [-0.25, -0.2) is 0 Å². The molecule has 1 saturated carbocycles. The van der Waals surface area contributed by atoms with E-state index in [1.807, 2.05) is 208 Å². The number of benzene rings is 10. The van der Waals surface area contributed by atoms with Gasteiger partial charge in [-0.2, -0.15) is 0 Å². The van der Waals surface area contributed by atoms with E-state index in [0.29, 0.717) is 124 Å². The van der Waals surface area contributed by atoms with E-state index < -0.39 is 0 Å². The van der Waals surface area contributed by atoms with E-state index in [1.165, 1.54) is 6.42 Å². The van der Waals surface area contributed by atoms with Gasteiger partial charge in [0.25, 0.3) is 0 Å². The fourth-order valence-electron chi connectivity index (χ4n) is 32.5. The Hall–Kier alpha value is -5.37. The molecule has 2 spiro atoms. The van der Waals surface area contributed by atoms with Crippen LogP contribution in [-0.2, 0) is 16.6 Å². The molecule has 0 radical (unpaired) electrons. The number of hydrogen-bond donors (Lipinski definition) is 0. The molecule has 22 atom stereocenters. The first-order valence-electron chi connectivity index (χ1n) is 29.3. The lowest BCUT2D eigenvalue weighted by molar-refractivity contribution is 0.0341. The summed E-state index contributed by atoms with van der Waals surface area (Å²) in [4.78, 5) is 1.81. The molecule has 0 nitrogen and oxygen atoms in total. The van der Waals surface area contributed by atoms with Crippen LogP contribution in [-0.4, -0.2) is 0 Å². The van der Waals surface area contributed by atoms with Crippen LogP contribution in [0.25, 0.3) is 97.3 Å². The largest absolute Gasteiger partial charge is 0.112 e. The summed E-state index contributed by atoms with van der Waals surface area (Å²) in [6.45, 7) is 5.05. The highest BCUT2D eigenvalue weighted by atomic mass is 32.2. The van der Waals surface area contributed by atoms with Crippen molar-refractivity contribution in [1.29, 1.82) is 0 Å². The molecule has 0 N–H and O–H groups in total. The Bertz CT molecular complexity index is 5500. The van der Waals surface area contributed by atoms with Crippen molar-refractivity contribution in [2.45, 2.75) is 142 Å². The lowest BCUT2D eigenvalue weighted by Crippen LogP contribution is -2.62. The lowest BCUT2D eigenvalue weighted by Gasteiger charge is -2.65. The smallest absolute Gasteiger partial charge is 0.0645 e. The van der Waals surface area contributed by atoms with Crippen LogP contribution < -0.4 is 0 Å².